The molecule has 0 unspecified atom stereocenters. The van der Waals surface area contributed by atoms with Gasteiger partial charge in [-0.15, -0.1) is 0 Å². The summed E-state index contributed by atoms with van der Waals surface area (Å²) in [5.41, 5.74) is 5.68. The number of hydrogen-bond donors (Lipinski definition) is 1. The number of carbonyl (C=O) groups excluding carboxylic acids is 1. The zero-order chi connectivity index (χ0) is 16.5. The molecule has 4 nitrogen and oxygen atoms in total. The molecule has 24 heavy (non-hydrogen) atoms. The highest BCUT2D eigenvalue weighted by Crippen LogP contribution is 2.30. The van der Waals surface area contributed by atoms with Crippen LogP contribution in [0.5, 0.6) is 0 Å². The number of hydrogen-bond acceptors (Lipinski definition) is 3. The van der Waals surface area contributed by atoms with Crippen molar-refractivity contribution in [2.24, 2.45) is 0 Å². The Balaban J connectivity index is 1.53. The molecule has 0 saturated carbocycles. The van der Waals surface area contributed by atoms with Crippen LogP contribution in [0, 0.1) is 0 Å². The van der Waals surface area contributed by atoms with Crippen molar-refractivity contribution in [2.75, 3.05) is 31.6 Å². The SMILES string of the molecule is C[C@@H](c1ccc(-c2ccc3c(c2)NC(=O)C3)cc1)N1CCOCC1. The number of nitrogens with one attached hydrogen (secondary N) is 1. The Bertz CT molecular complexity index is 749. The summed E-state index contributed by atoms with van der Waals surface area (Å²) >= 11 is 0. The van der Waals surface area contributed by atoms with Crippen molar-refractivity contribution in [1.82, 2.24) is 4.90 Å². The quantitative estimate of drug-likeness (QED) is 0.943. The van der Waals surface area contributed by atoms with Gasteiger partial charge in [-0.3, -0.25) is 9.69 Å². The Morgan fingerprint density at radius 2 is 1.75 bits per heavy atom. The molecule has 1 N–H and O–H groups in total. The zero-order valence-electron chi connectivity index (χ0n) is 13.9. The standard InChI is InChI=1S/C20H22N2O2/c1-14(22-8-10-24-11-9-22)15-2-4-16(5-3-15)17-6-7-18-13-20(23)21-19(18)12-17/h2-7,12,14H,8-11,13H2,1H3,(H,21,23)/t14-/m0/s1. The van der Waals surface area contributed by atoms with Crippen LogP contribution in [0.4, 0.5) is 5.69 Å². The highest BCUT2D eigenvalue weighted by Gasteiger charge is 2.19. The molecule has 0 aliphatic carbocycles. The predicted octanol–water partition coefficient (Wildman–Crippen LogP) is 3.24. The summed E-state index contributed by atoms with van der Waals surface area (Å²) < 4.78 is 5.44. The first kappa shape index (κ1) is 15.4. The van der Waals surface area contributed by atoms with Crippen LogP contribution in [-0.2, 0) is 16.0 Å². The second-order valence-electron chi connectivity index (χ2n) is 6.54. The Morgan fingerprint density at radius 3 is 2.50 bits per heavy atom. The molecule has 0 bridgehead atoms. The zero-order valence-corrected chi connectivity index (χ0v) is 13.9. The highest BCUT2D eigenvalue weighted by atomic mass is 16.5. The molecule has 1 fully saturated rings. The Morgan fingerprint density at radius 1 is 1.04 bits per heavy atom. The summed E-state index contributed by atoms with van der Waals surface area (Å²) in [5.74, 6) is 0.0804. The van der Waals surface area contributed by atoms with E-state index >= 15 is 0 Å². The highest BCUT2D eigenvalue weighted by molar-refractivity contribution is 5.99. The molecule has 2 aromatic carbocycles. The minimum atomic E-state index is 0.0804. The molecule has 124 valence electrons. The molecule has 0 aromatic heterocycles. The summed E-state index contributed by atoms with van der Waals surface area (Å²) in [7, 11) is 0. The third-order valence-corrected chi connectivity index (χ3v) is 5.05. The largest absolute Gasteiger partial charge is 0.379 e. The van der Waals surface area contributed by atoms with E-state index in [0.717, 1.165) is 43.1 Å². The average Bonchev–Trinajstić information content (AvgIpc) is 3.01. The second kappa shape index (κ2) is 6.38. The van der Waals surface area contributed by atoms with Crippen LogP contribution in [0.1, 0.15) is 24.1 Å². The fourth-order valence-electron chi connectivity index (χ4n) is 3.52. The van der Waals surface area contributed by atoms with Crippen LogP contribution in [0.3, 0.4) is 0 Å². The van der Waals surface area contributed by atoms with Crippen molar-refractivity contribution in [3.8, 4) is 11.1 Å². The van der Waals surface area contributed by atoms with E-state index in [-0.39, 0.29) is 5.91 Å². The molecular formula is C20H22N2O2. The van der Waals surface area contributed by atoms with E-state index < -0.39 is 0 Å². The van der Waals surface area contributed by atoms with E-state index in [1.54, 1.807) is 0 Å². The lowest BCUT2D eigenvalue weighted by Crippen LogP contribution is -2.37. The van der Waals surface area contributed by atoms with Crippen molar-refractivity contribution in [1.29, 1.82) is 0 Å². The first-order chi connectivity index (χ1) is 11.7. The van der Waals surface area contributed by atoms with E-state index in [4.69, 9.17) is 4.74 Å². The monoisotopic (exact) mass is 322 g/mol. The van der Waals surface area contributed by atoms with Gasteiger partial charge in [0, 0.05) is 24.8 Å². The summed E-state index contributed by atoms with van der Waals surface area (Å²) in [6, 6.07) is 15.4. The average molecular weight is 322 g/mol. The van der Waals surface area contributed by atoms with Crippen molar-refractivity contribution < 1.29 is 9.53 Å². The van der Waals surface area contributed by atoms with Crippen LogP contribution in [0.25, 0.3) is 11.1 Å². The Hall–Kier alpha value is -2.17. The van der Waals surface area contributed by atoms with Crippen LogP contribution < -0.4 is 5.32 Å². The first-order valence-corrected chi connectivity index (χ1v) is 8.55. The topological polar surface area (TPSA) is 41.6 Å². The third-order valence-electron chi connectivity index (χ3n) is 5.05. The number of nitrogens with zero attached hydrogens (tertiary/aromatic N) is 1. The molecule has 1 amide bonds. The van der Waals surface area contributed by atoms with Gasteiger partial charge in [0.15, 0.2) is 0 Å². The van der Waals surface area contributed by atoms with Crippen LogP contribution >= 0.6 is 0 Å². The van der Waals surface area contributed by atoms with E-state index in [2.05, 4.69) is 53.5 Å². The van der Waals surface area contributed by atoms with Crippen LogP contribution in [0.15, 0.2) is 42.5 Å². The first-order valence-electron chi connectivity index (χ1n) is 8.55. The van der Waals surface area contributed by atoms with Crippen LogP contribution in [-0.4, -0.2) is 37.1 Å². The number of benzene rings is 2. The van der Waals surface area contributed by atoms with Gasteiger partial charge in [-0.05, 0) is 35.2 Å². The lowest BCUT2D eigenvalue weighted by Gasteiger charge is -2.32. The van der Waals surface area contributed by atoms with Gasteiger partial charge in [0.05, 0.1) is 19.6 Å². The minimum Gasteiger partial charge on any atom is -0.379 e. The minimum absolute atomic E-state index is 0.0804. The van der Waals surface area contributed by atoms with Crippen LogP contribution in [0.2, 0.25) is 0 Å². The van der Waals surface area contributed by atoms with Gasteiger partial charge in [0.25, 0.3) is 0 Å². The van der Waals surface area contributed by atoms with Gasteiger partial charge in [0.1, 0.15) is 0 Å². The van der Waals surface area contributed by atoms with Gasteiger partial charge in [0.2, 0.25) is 5.91 Å². The lowest BCUT2D eigenvalue weighted by atomic mass is 9.99. The van der Waals surface area contributed by atoms with Gasteiger partial charge in [-0.25, -0.2) is 0 Å². The summed E-state index contributed by atoms with van der Waals surface area (Å²) in [6.07, 6.45) is 0.492. The fourth-order valence-corrected chi connectivity index (χ4v) is 3.52. The molecule has 4 rings (SSSR count). The molecule has 2 aliphatic rings. The van der Waals surface area contributed by atoms with Crippen molar-refractivity contribution in [3.63, 3.8) is 0 Å². The molecular weight excluding hydrogens is 300 g/mol. The van der Waals surface area contributed by atoms with Crippen molar-refractivity contribution >= 4 is 11.6 Å². The molecule has 0 radical (unpaired) electrons. The molecule has 1 saturated heterocycles. The normalized spacial score (nSPS) is 19.0. The van der Waals surface area contributed by atoms with Gasteiger partial charge >= 0.3 is 0 Å². The van der Waals surface area contributed by atoms with E-state index in [1.165, 1.54) is 11.1 Å². The molecule has 1 atom stereocenters. The Kier molecular flexibility index (Phi) is 4.08. The van der Waals surface area contributed by atoms with Gasteiger partial charge in [-0.1, -0.05) is 36.4 Å². The number of amides is 1. The molecule has 0 spiro atoms. The molecule has 4 heteroatoms. The second-order valence-corrected chi connectivity index (χ2v) is 6.54. The summed E-state index contributed by atoms with van der Waals surface area (Å²) in [4.78, 5) is 14.0. The van der Waals surface area contributed by atoms with Crippen molar-refractivity contribution in [3.05, 3.63) is 53.6 Å². The van der Waals surface area contributed by atoms with Gasteiger partial charge < -0.3 is 10.1 Å². The van der Waals surface area contributed by atoms with E-state index in [0.29, 0.717) is 12.5 Å². The number of anilines is 1. The molecule has 2 aliphatic heterocycles. The fraction of sp³-hybridized carbons (Fsp3) is 0.350. The molecule has 2 heterocycles. The number of fused-ring (bicyclic) bond motifs is 1. The van der Waals surface area contributed by atoms with Gasteiger partial charge in [-0.2, -0.15) is 0 Å². The maximum Gasteiger partial charge on any atom is 0.228 e. The third kappa shape index (κ3) is 2.95. The number of morpholine rings is 1. The van der Waals surface area contributed by atoms with E-state index in [9.17, 15) is 4.79 Å². The van der Waals surface area contributed by atoms with E-state index in [1.807, 2.05) is 6.07 Å². The predicted molar refractivity (Wildman–Crippen MR) is 95.0 cm³/mol. The number of rotatable bonds is 3. The van der Waals surface area contributed by atoms with Crippen molar-refractivity contribution in [2.45, 2.75) is 19.4 Å². The maximum atomic E-state index is 11.5. The smallest absolute Gasteiger partial charge is 0.228 e. The maximum absolute atomic E-state index is 11.5. The summed E-state index contributed by atoms with van der Waals surface area (Å²) in [6.45, 7) is 5.89. The number of carbonyl (C=O) groups is 1. The lowest BCUT2D eigenvalue weighted by molar-refractivity contribution is -0.115. The Labute approximate surface area is 142 Å². The summed E-state index contributed by atoms with van der Waals surface area (Å²) in [5, 5.41) is 2.92. The molecule has 2 aromatic rings. The number of ether oxygens (including phenoxy) is 1.